The number of carbonyl (C=O) groups is 1. The van der Waals surface area contributed by atoms with E-state index in [-0.39, 0.29) is 0 Å². The van der Waals surface area contributed by atoms with E-state index in [0.717, 1.165) is 16.6 Å². The largest absolute Gasteiger partial charge is 0.350 e. The highest BCUT2D eigenvalue weighted by atomic mass is 16.2. The standard InChI is InChI=1S/C9H9N3O/c1-6-7-4-2-3-5-8(7)12(11-6)9(10)13/h2-5H,1H3,(H2,10,13). The summed E-state index contributed by atoms with van der Waals surface area (Å²) in [5, 5.41) is 4.99. The molecule has 1 heterocycles. The summed E-state index contributed by atoms with van der Waals surface area (Å²) in [6.07, 6.45) is 0. The third-order valence-electron chi connectivity index (χ3n) is 1.98. The molecule has 0 fully saturated rings. The third kappa shape index (κ3) is 1.07. The fraction of sp³-hybridized carbons (Fsp3) is 0.111. The van der Waals surface area contributed by atoms with Gasteiger partial charge in [0.2, 0.25) is 0 Å². The lowest BCUT2D eigenvalue weighted by atomic mass is 10.2. The summed E-state index contributed by atoms with van der Waals surface area (Å²) in [6, 6.07) is 6.94. The van der Waals surface area contributed by atoms with Gasteiger partial charge in [0.1, 0.15) is 0 Å². The van der Waals surface area contributed by atoms with Crippen LogP contribution >= 0.6 is 0 Å². The molecule has 0 saturated carbocycles. The highest BCUT2D eigenvalue weighted by Crippen LogP contribution is 2.16. The van der Waals surface area contributed by atoms with Gasteiger partial charge in [-0.3, -0.25) is 0 Å². The molecule has 13 heavy (non-hydrogen) atoms. The Morgan fingerprint density at radius 3 is 2.85 bits per heavy atom. The first-order valence-corrected chi connectivity index (χ1v) is 3.94. The van der Waals surface area contributed by atoms with Crippen molar-refractivity contribution in [2.24, 2.45) is 5.73 Å². The zero-order valence-electron chi connectivity index (χ0n) is 7.19. The normalized spacial score (nSPS) is 10.5. The van der Waals surface area contributed by atoms with Crippen LogP contribution in [-0.2, 0) is 0 Å². The van der Waals surface area contributed by atoms with Gasteiger partial charge in [0, 0.05) is 5.39 Å². The van der Waals surface area contributed by atoms with E-state index in [4.69, 9.17) is 5.73 Å². The lowest BCUT2D eigenvalue weighted by Gasteiger charge is -1.94. The molecule has 0 aliphatic carbocycles. The Morgan fingerprint density at radius 1 is 1.46 bits per heavy atom. The number of hydrogen-bond donors (Lipinski definition) is 1. The lowest BCUT2D eigenvalue weighted by Crippen LogP contribution is -2.20. The number of rotatable bonds is 0. The van der Waals surface area contributed by atoms with Gasteiger partial charge < -0.3 is 5.73 Å². The van der Waals surface area contributed by atoms with Crippen molar-refractivity contribution in [3.63, 3.8) is 0 Å². The van der Waals surface area contributed by atoms with Crippen molar-refractivity contribution in [1.29, 1.82) is 0 Å². The fourth-order valence-electron chi connectivity index (χ4n) is 1.39. The molecule has 0 aliphatic heterocycles. The van der Waals surface area contributed by atoms with Crippen LogP contribution in [-0.4, -0.2) is 15.8 Å². The Morgan fingerprint density at radius 2 is 2.15 bits per heavy atom. The number of aromatic nitrogens is 2. The number of para-hydroxylation sites is 1. The van der Waals surface area contributed by atoms with Crippen molar-refractivity contribution < 1.29 is 4.79 Å². The van der Waals surface area contributed by atoms with Gasteiger partial charge in [-0.25, -0.2) is 4.79 Å². The molecule has 0 radical (unpaired) electrons. The average Bonchev–Trinajstić information content (AvgIpc) is 2.45. The minimum atomic E-state index is -0.552. The van der Waals surface area contributed by atoms with Gasteiger partial charge >= 0.3 is 6.03 Å². The number of nitrogens with zero attached hydrogens (tertiary/aromatic N) is 2. The summed E-state index contributed by atoms with van der Waals surface area (Å²) in [5.74, 6) is 0. The number of primary amides is 1. The van der Waals surface area contributed by atoms with Gasteiger partial charge in [-0.1, -0.05) is 18.2 Å². The predicted molar refractivity (Wildman–Crippen MR) is 49.5 cm³/mol. The van der Waals surface area contributed by atoms with E-state index in [1.165, 1.54) is 4.68 Å². The number of carbonyl (C=O) groups excluding carboxylic acids is 1. The van der Waals surface area contributed by atoms with Crippen molar-refractivity contribution in [2.75, 3.05) is 0 Å². The second kappa shape index (κ2) is 2.58. The van der Waals surface area contributed by atoms with E-state index in [1.807, 2.05) is 31.2 Å². The fourth-order valence-corrected chi connectivity index (χ4v) is 1.39. The summed E-state index contributed by atoms with van der Waals surface area (Å²) in [7, 11) is 0. The molecule has 0 saturated heterocycles. The molecule has 4 heteroatoms. The first-order chi connectivity index (χ1) is 6.20. The molecule has 0 bridgehead atoms. The van der Waals surface area contributed by atoms with Gasteiger partial charge in [0.25, 0.3) is 0 Å². The highest BCUT2D eigenvalue weighted by molar-refractivity contribution is 5.90. The van der Waals surface area contributed by atoms with Gasteiger partial charge in [-0.05, 0) is 13.0 Å². The quantitative estimate of drug-likeness (QED) is 0.655. The summed E-state index contributed by atoms with van der Waals surface area (Å²) < 4.78 is 1.21. The second-order valence-electron chi connectivity index (χ2n) is 2.85. The van der Waals surface area contributed by atoms with Crippen molar-refractivity contribution in [1.82, 2.24) is 9.78 Å². The van der Waals surface area contributed by atoms with Crippen LogP contribution in [0.25, 0.3) is 10.9 Å². The van der Waals surface area contributed by atoms with Crippen LogP contribution in [0.5, 0.6) is 0 Å². The second-order valence-corrected chi connectivity index (χ2v) is 2.85. The van der Waals surface area contributed by atoms with Gasteiger partial charge in [-0.15, -0.1) is 0 Å². The summed E-state index contributed by atoms with van der Waals surface area (Å²) in [4.78, 5) is 11.0. The van der Waals surface area contributed by atoms with Crippen LogP contribution < -0.4 is 5.73 Å². The Kier molecular flexibility index (Phi) is 1.55. The minimum absolute atomic E-state index is 0.552. The Hall–Kier alpha value is -1.84. The molecule has 66 valence electrons. The van der Waals surface area contributed by atoms with Gasteiger partial charge in [-0.2, -0.15) is 9.78 Å². The zero-order valence-corrected chi connectivity index (χ0v) is 7.19. The lowest BCUT2D eigenvalue weighted by molar-refractivity contribution is 0.248. The summed E-state index contributed by atoms with van der Waals surface area (Å²) in [5.41, 5.74) is 6.73. The molecular formula is C9H9N3O. The minimum Gasteiger partial charge on any atom is -0.350 e. The maximum Gasteiger partial charge on any atom is 0.340 e. The Labute approximate surface area is 75.0 Å². The molecule has 1 aromatic heterocycles. The van der Waals surface area contributed by atoms with Crippen LogP contribution in [0.3, 0.4) is 0 Å². The SMILES string of the molecule is Cc1nn(C(N)=O)c2ccccc12. The zero-order chi connectivity index (χ0) is 9.42. The van der Waals surface area contributed by atoms with E-state index in [9.17, 15) is 4.79 Å². The van der Waals surface area contributed by atoms with Gasteiger partial charge in [0.05, 0.1) is 11.2 Å². The average molecular weight is 175 g/mol. The number of hydrogen-bond acceptors (Lipinski definition) is 2. The molecule has 0 unspecified atom stereocenters. The van der Waals surface area contributed by atoms with Crippen LogP contribution in [0.15, 0.2) is 24.3 Å². The van der Waals surface area contributed by atoms with Crippen molar-refractivity contribution in [2.45, 2.75) is 6.92 Å². The highest BCUT2D eigenvalue weighted by Gasteiger charge is 2.08. The van der Waals surface area contributed by atoms with Crippen LogP contribution in [0.4, 0.5) is 4.79 Å². The molecule has 1 amide bonds. The summed E-state index contributed by atoms with van der Waals surface area (Å²) >= 11 is 0. The molecule has 0 atom stereocenters. The maximum absolute atomic E-state index is 11.0. The van der Waals surface area contributed by atoms with E-state index < -0.39 is 6.03 Å². The maximum atomic E-state index is 11.0. The number of fused-ring (bicyclic) bond motifs is 1. The predicted octanol–water partition coefficient (Wildman–Crippen LogP) is 1.27. The van der Waals surface area contributed by atoms with E-state index in [0.29, 0.717) is 0 Å². The van der Waals surface area contributed by atoms with Gasteiger partial charge in [0.15, 0.2) is 0 Å². The van der Waals surface area contributed by atoms with E-state index in [1.54, 1.807) is 0 Å². The molecule has 2 rings (SSSR count). The molecule has 4 nitrogen and oxygen atoms in total. The summed E-state index contributed by atoms with van der Waals surface area (Å²) in [6.45, 7) is 1.85. The molecule has 2 aromatic rings. The molecular weight excluding hydrogens is 166 g/mol. The Bertz CT molecular complexity index is 473. The van der Waals surface area contributed by atoms with Crippen molar-refractivity contribution in [3.8, 4) is 0 Å². The number of aryl methyl sites for hydroxylation is 1. The number of nitrogens with two attached hydrogens (primary N) is 1. The number of benzene rings is 1. The van der Waals surface area contributed by atoms with Crippen molar-refractivity contribution in [3.05, 3.63) is 30.0 Å². The van der Waals surface area contributed by atoms with Crippen LogP contribution in [0.1, 0.15) is 5.69 Å². The topological polar surface area (TPSA) is 60.9 Å². The molecule has 0 aliphatic rings. The molecule has 0 spiro atoms. The van der Waals surface area contributed by atoms with Crippen LogP contribution in [0, 0.1) is 6.92 Å². The smallest absolute Gasteiger partial charge is 0.340 e. The van der Waals surface area contributed by atoms with Crippen molar-refractivity contribution >= 4 is 16.9 Å². The van der Waals surface area contributed by atoms with Crippen LogP contribution in [0.2, 0.25) is 0 Å². The molecule has 1 aromatic carbocycles. The Balaban J connectivity index is 2.85. The monoisotopic (exact) mass is 175 g/mol. The van der Waals surface area contributed by atoms with E-state index in [2.05, 4.69) is 5.10 Å². The first-order valence-electron chi connectivity index (χ1n) is 3.94. The third-order valence-corrected chi connectivity index (χ3v) is 1.98. The first kappa shape index (κ1) is 7.79. The number of amides is 1. The molecule has 2 N–H and O–H groups in total. The van der Waals surface area contributed by atoms with E-state index >= 15 is 0 Å².